The summed E-state index contributed by atoms with van der Waals surface area (Å²) >= 11 is 0. The van der Waals surface area contributed by atoms with Gasteiger partial charge in [0.1, 0.15) is 5.82 Å². The monoisotopic (exact) mass is 217 g/mol. The number of halogens is 1. The Kier molecular flexibility index (Phi) is 3.10. The zero-order valence-corrected chi connectivity index (χ0v) is 8.88. The third-order valence-electron chi connectivity index (χ3n) is 1.78. The molecule has 0 atom stereocenters. The first-order valence-corrected chi connectivity index (χ1v) is 6.03. The maximum absolute atomic E-state index is 12.8. The lowest BCUT2D eigenvalue weighted by atomic mass is 10.3. The number of anilines is 1. The maximum Gasteiger partial charge on any atom is 0.232 e. The first kappa shape index (κ1) is 11.0. The van der Waals surface area contributed by atoms with E-state index in [1.807, 2.05) is 0 Å². The van der Waals surface area contributed by atoms with Gasteiger partial charge in [-0.3, -0.25) is 4.31 Å². The Balaban J connectivity index is 3.14. The number of benzene rings is 1. The summed E-state index contributed by atoms with van der Waals surface area (Å²) in [5.41, 5.74) is 0.356. The molecular formula is C9H12FNO2S. The fourth-order valence-electron chi connectivity index (χ4n) is 1.24. The van der Waals surface area contributed by atoms with Crippen LogP contribution in [0.25, 0.3) is 0 Å². The lowest BCUT2D eigenvalue weighted by Crippen LogP contribution is -2.29. The Morgan fingerprint density at radius 1 is 1.43 bits per heavy atom. The smallest absolute Gasteiger partial charge is 0.232 e. The van der Waals surface area contributed by atoms with E-state index in [4.69, 9.17) is 0 Å². The first-order valence-electron chi connectivity index (χ1n) is 4.18. The average molecular weight is 217 g/mol. The molecule has 3 nitrogen and oxygen atoms in total. The fraction of sp³-hybridized carbons (Fsp3) is 0.333. The molecule has 0 saturated carbocycles. The molecule has 0 amide bonds. The number of hydrogen-bond acceptors (Lipinski definition) is 2. The van der Waals surface area contributed by atoms with E-state index in [0.717, 1.165) is 10.6 Å². The van der Waals surface area contributed by atoms with E-state index in [2.05, 4.69) is 0 Å². The van der Waals surface area contributed by atoms with E-state index in [1.165, 1.54) is 18.2 Å². The second-order valence-electron chi connectivity index (χ2n) is 2.91. The maximum atomic E-state index is 12.8. The van der Waals surface area contributed by atoms with Crippen molar-refractivity contribution in [2.75, 3.05) is 17.1 Å². The van der Waals surface area contributed by atoms with Crippen molar-refractivity contribution in [2.24, 2.45) is 0 Å². The molecular weight excluding hydrogens is 205 g/mol. The highest BCUT2D eigenvalue weighted by Crippen LogP contribution is 2.17. The molecule has 0 spiro atoms. The molecule has 0 bridgehead atoms. The third kappa shape index (κ3) is 2.45. The molecule has 1 aromatic rings. The Labute approximate surface area is 83.2 Å². The van der Waals surface area contributed by atoms with Crippen molar-refractivity contribution in [3.8, 4) is 0 Å². The van der Waals surface area contributed by atoms with Crippen molar-refractivity contribution in [3.63, 3.8) is 0 Å². The van der Waals surface area contributed by atoms with Crippen molar-refractivity contribution in [1.82, 2.24) is 0 Å². The van der Waals surface area contributed by atoms with Gasteiger partial charge in [0.25, 0.3) is 0 Å². The minimum Gasteiger partial charge on any atom is -0.271 e. The van der Waals surface area contributed by atoms with Gasteiger partial charge in [-0.05, 0) is 25.1 Å². The van der Waals surface area contributed by atoms with E-state index in [-0.39, 0.29) is 0 Å². The summed E-state index contributed by atoms with van der Waals surface area (Å²) in [6.45, 7) is 1.99. The van der Waals surface area contributed by atoms with Crippen LogP contribution in [0.1, 0.15) is 6.92 Å². The lowest BCUT2D eigenvalue weighted by molar-refractivity contribution is 0.597. The molecule has 14 heavy (non-hydrogen) atoms. The standard InChI is InChI=1S/C9H12FNO2S/c1-3-11(14(2,12)13)9-6-4-5-8(10)7-9/h4-7H,3H2,1-2H3. The highest BCUT2D eigenvalue weighted by Gasteiger charge is 2.14. The molecule has 0 aromatic heterocycles. The van der Waals surface area contributed by atoms with Crippen molar-refractivity contribution in [1.29, 1.82) is 0 Å². The SMILES string of the molecule is CCN(c1cccc(F)c1)S(C)(=O)=O. The normalized spacial score (nSPS) is 11.4. The zero-order valence-electron chi connectivity index (χ0n) is 8.07. The van der Waals surface area contributed by atoms with Crippen LogP contribution in [-0.2, 0) is 10.0 Å². The Bertz CT molecular complexity index is 417. The Morgan fingerprint density at radius 2 is 2.07 bits per heavy atom. The van der Waals surface area contributed by atoms with E-state index < -0.39 is 15.8 Å². The minimum atomic E-state index is -3.32. The molecule has 0 heterocycles. The van der Waals surface area contributed by atoms with Crippen LogP contribution in [0.2, 0.25) is 0 Å². The summed E-state index contributed by atoms with van der Waals surface area (Å²) in [6, 6.07) is 5.52. The van der Waals surface area contributed by atoms with Crippen LogP contribution in [0.4, 0.5) is 10.1 Å². The number of hydrogen-bond donors (Lipinski definition) is 0. The molecule has 0 aliphatic carbocycles. The van der Waals surface area contributed by atoms with E-state index in [0.29, 0.717) is 12.2 Å². The van der Waals surface area contributed by atoms with Gasteiger partial charge < -0.3 is 0 Å². The molecule has 0 saturated heterocycles. The van der Waals surface area contributed by atoms with Crippen molar-refractivity contribution < 1.29 is 12.8 Å². The number of sulfonamides is 1. The van der Waals surface area contributed by atoms with Gasteiger partial charge in [-0.15, -0.1) is 0 Å². The second kappa shape index (κ2) is 3.96. The molecule has 5 heteroatoms. The lowest BCUT2D eigenvalue weighted by Gasteiger charge is -2.20. The summed E-state index contributed by atoms with van der Waals surface area (Å²) < 4.78 is 36.5. The summed E-state index contributed by atoms with van der Waals surface area (Å²) in [5, 5.41) is 0. The highest BCUT2D eigenvalue weighted by atomic mass is 32.2. The summed E-state index contributed by atoms with van der Waals surface area (Å²) in [4.78, 5) is 0. The van der Waals surface area contributed by atoms with E-state index in [1.54, 1.807) is 13.0 Å². The molecule has 1 rings (SSSR count). The van der Waals surface area contributed by atoms with Gasteiger partial charge in [-0.2, -0.15) is 0 Å². The Morgan fingerprint density at radius 3 is 2.50 bits per heavy atom. The fourth-order valence-corrected chi connectivity index (χ4v) is 2.21. The molecule has 78 valence electrons. The van der Waals surface area contributed by atoms with Gasteiger partial charge in [0, 0.05) is 6.54 Å². The quantitative estimate of drug-likeness (QED) is 0.771. The predicted molar refractivity (Wildman–Crippen MR) is 54.3 cm³/mol. The van der Waals surface area contributed by atoms with Gasteiger partial charge in [0.2, 0.25) is 10.0 Å². The van der Waals surface area contributed by atoms with Crippen LogP contribution in [0.15, 0.2) is 24.3 Å². The average Bonchev–Trinajstić information content (AvgIpc) is 2.02. The van der Waals surface area contributed by atoms with Crippen LogP contribution >= 0.6 is 0 Å². The van der Waals surface area contributed by atoms with Crippen LogP contribution in [-0.4, -0.2) is 21.2 Å². The van der Waals surface area contributed by atoms with Gasteiger partial charge >= 0.3 is 0 Å². The molecule has 0 aliphatic rings. The molecule has 0 unspecified atom stereocenters. The van der Waals surface area contributed by atoms with Crippen molar-refractivity contribution >= 4 is 15.7 Å². The molecule has 0 aliphatic heterocycles. The third-order valence-corrected chi connectivity index (χ3v) is 3.05. The molecule has 0 fully saturated rings. The molecule has 0 N–H and O–H groups in total. The number of rotatable bonds is 3. The topological polar surface area (TPSA) is 37.4 Å². The van der Waals surface area contributed by atoms with Crippen LogP contribution in [0, 0.1) is 5.82 Å². The minimum absolute atomic E-state index is 0.294. The summed E-state index contributed by atoms with van der Waals surface area (Å²) in [7, 11) is -3.32. The van der Waals surface area contributed by atoms with Crippen LogP contribution in [0.3, 0.4) is 0 Å². The van der Waals surface area contributed by atoms with Gasteiger partial charge in [0.15, 0.2) is 0 Å². The zero-order chi connectivity index (χ0) is 10.8. The van der Waals surface area contributed by atoms with Gasteiger partial charge in [-0.25, -0.2) is 12.8 Å². The first-order chi connectivity index (χ1) is 6.45. The highest BCUT2D eigenvalue weighted by molar-refractivity contribution is 7.92. The van der Waals surface area contributed by atoms with Crippen molar-refractivity contribution in [3.05, 3.63) is 30.1 Å². The van der Waals surface area contributed by atoms with Crippen LogP contribution in [0.5, 0.6) is 0 Å². The predicted octanol–water partition coefficient (Wildman–Crippen LogP) is 1.61. The summed E-state index contributed by atoms with van der Waals surface area (Å²) in [6.07, 6.45) is 1.10. The van der Waals surface area contributed by atoms with E-state index in [9.17, 15) is 12.8 Å². The largest absolute Gasteiger partial charge is 0.271 e. The van der Waals surface area contributed by atoms with Gasteiger partial charge in [0.05, 0.1) is 11.9 Å². The molecule has 1 aromatic carbocycles. The second-order valence-corrected chi connectivity index (χ2v) is 4.81. The summed E-state index contributed by atoms with van der Waals surface area (Å²) in [5.74, 6) is -0.440. The van der Waals surface area contributed by atoms with Crippen LogP contribution < -0.4 is 4.31 Å². The number of nitrogens with zero attached hydrogens (tertiary/aromatic N) is 1. The van der Waals surface area contributed by atoms with E-state index >= 15 is 0 Å². The Hall–Kier alpha value is -1.10. The van der Waals surface area contributed by atoms with Crippen molar-refractivity contribution in [2.45, 2.75) is 6.92 Å². The van der Waals surface area contributed by atoms with Gasteiger partial charge in [-0.1, -0.05) is 6.07 Å². The molecule has 0 radical (unpaired) electrons.